The number of aromatic nitrogens is 1. The summed E-state index contributed by atoms with van der Waals surface area (Å²) in [4.78, 5) is 19.6. The number of amides is 1. The van der Waals surface area contributed by atoms with Gasteiger partial charge < -0.3 is 24.4 Å². The fraction of sp³-hybridized carbons (Fsp3) is 0.722. The Kier molecular flexibility index (Phi) is 6.04. The van der Waals surface area contributed by atoms with Crippen LogP contribution in [0.4, 0.5) is 0 Å². The lowest BCUT2D eigenvalue weighted by molar-refractivity contribution is 0.0769. The van der Waals surface area contributed by atoms with Gasteiger partial charge in [0.2, 0.25) is 0 Å². The van der Waals surface area contributed by atoms with Crippen molar-refractivity contribution in [2.45, 2.75) is 6.42 Å². The predicted molar refractivity (Wildman–Crippen MR) is 98.9 cm³/mol. The van der Waals surface area contributed by atoms with Crippen molar-refractivity contribution < 1.29 is 9.90 Å². The van der Waals surface area contributed by atoms with Crippen LogP contribution in [0.25, 0.3) is 0 Å². The van der Waals surface area contributed by atoms with Gasteiger partial charge in [-0.25, -0.2) is 0 Å². The van der Waals surface area contributed by atoms with Crippen molar-refractivity contribution in [1.29, 1.82) is 0 Å². The van der Waals surface area contributed by atoms with E-state index in [0.717, 1.165) is 32.7 Å². The van der Waals surface area contributed by atoms with Gasteiger partial charge in [0.25, 0.3) is 5.91 Å². The molecule has 140 valence electrons. The molecule has 2 unspecified atom stereocenters. The maximum absolute atomic E-state index is 12.8. The molecule has 1 amide bonds. The first kappa shape index (κ1) is 18.7. The van der Waals surface area contributed by atoms with Gasteiger partial charge in [0.1, 0.15) is 5.69 Å². The van der Waals surface area contributed by atoms with E-state index in [1.54, 1.807) is 16.8 Å². The molecule has 0 spiro atoms. The van der Waals surface area contributed by atoms with Gasteiger partial charge in [0.15, 0.2) is 0 Å². The fourth-order valence-corrected chi connectivity index (χ4v) is 4.28. The molecular weight excluding hydrogens is 340 g/mol. The van der Waals surface area contributed by atoms with Gasteiger partial charge in [-0.15, -0.1) is 0 Å². The number of hydrogen-bond acceptors (Lipinski definition) is 4. The van der Waals surface area contributed by atoms with Gasteiger partial charge in [-0.2, -0.15) is 0 Å². The van der Waals surface area contributed by atoms with Crippen LogP contribution in [-0.4, -0.2) is 89.7 Å². The molecule has 0 aromatic carbocycles. The van der Waals surface area contributed by atoms with E-state index in [9.17, 15) is 9.90 Å². The second kappa shape index (κ2) is 8.08. The van der Waals surface area contributed by atoms with Crippen molar-refractivity contribution in [3.8, 4) is 0 Å². The molecule has 2 aliphatic heterocycles. The Morgan fingerprint density at radius 1 is 1.20 bits per heavy atom. The quantitative estimate of drug-likeness (QED) is 0.861. The van der Waals surface area contributed by atoms with Gasteiger partial charge in [-0.3, -0.25) is 4.79 Å². The maximum atomic E-state index is 12.8. The molecular formula is C18H29ClN4O2. The Labute approximate surface area is 154 Å². The molecule has 2 aliphatic rings. The van der Waals surface area contributed by atoms with Crippen molar-refractivity contribution >= 4 is 17.5 Å². The van der Waals surface area contributed by atoms with E-state index in [-0.39, 0.29) is 18.4 Å². The van der Waals surface area contributed by atoms with Crippen LogP contribution >= 0.6 is 11.6 Å². The average molecular weight is 369 g/mol. The third-order valence-electron chi connectivity index (χ3n) is 5.59. The maximum Gasteiger partial charge on any atom is 0.270 e. The number of aryl methyl sites for hydroxylation is 1. The third-order valence-corrected chi connectivity index (χ3v) is 5.80. The second-order valence-electron chi connectivity index (χ2n) is 7.52. The minimum absolute atomic E-state index is 0.00551. The summed E-state index contributed by atoms with van der Waals surface area (Å²) in [7, 11) is 4.00. The standard InChI is InChI=1S/C18H29ClN4O2/c1-20-4-3-5-22(7-6-20)9-14-10-23(11-15(14)13-24)18(25)17-8-16(19)12-21(17)2/h8,12,14-15,24H,3-7,9-11,13H2,1-2H3. The molecule has 2 saturated heterocycles. The number of carbonyl (C=O) groups is 1. The number of nitrogens with zero attached hydrogens (tertiary/aromatic N) is 4. The highest BCUT2D eigenvalue weighted by Gasteiger charge is 2.36. The van der Waals surface area contributed by atoms with Crippen LogP contribution in [0, 0.1) is 11.8 Å². The summed E-state index contributed by atoms with van der Waals surface area (Å²) in [5.41, 5.74) is 0.610. The lowest BCUT2D eigenvalue weighted by Crippen LogP contribution is -2.36. The Bertz CT molecular complexity index is 606. The van der Waals surface area contributed by atoms with Crippen LogP contribution in [0.1, 0.15) is 16.9 Å². The Morgan fingerprint density at radius 2 is 1.96 bits per heavy atom. The molecule has 0 aliphatic carbocycles. The molecule has 3 heterocycles. The number of carbonyl (C=O) groups excluding carboxylic acids is 1. The minimum Gasteiger partial charge on any atom is -0.396 e. The van der Waals surface area contributed by atoms with Crippen LogP contribution in [0.15, 0.2) is 12.3 Å². The summed E-state index contributed by atoms with van der Waals surface area (Å²) in [6, 6.07) is 1.72. The summed E-state index contributed by atoms with van der Waals surface area (Å²) in [6.45, 7) is 6.81. The summed E-state index contributed by atoms with van der Waals surface area (Å²) in [6.07, 6.45) is 2.93. The lowest BCUT2D eigenvalue weighted by Gasteiger charge is -2.26. The van der Waals surface area contributed by atoms with Crippen molar-refractivity contribution in [3.05, 3.63) is 23.0 Å². The monoisotopic (exact) mass is 368 g/mol. The normalized spacial score (nSPS) is 26.2. The van der Waals surface area contributed by atoms with E-state index >= 15 is 0 Å². The van der Waals surface area contributed by atoms with Crippen molar-refractivity contribution in [2.75, 3.05) is 59.5 Å². The fourth-order valence-electron chi connectivity index (χ4n) is 4.03. The summed E-state index contributed by atoms with van der Waals surface area (Å²) in [5.74, 6) is 0.486. The molecule has 1 aromatic heterocycles. The zero-order valence-corrected chi connectivity index (χ0v) is 16.0. The smallest absolute Gasteiger partial charge is 0.270 e. The SMILES string of the molecule is CN1CCCN(CC2CN(C(=O)c3cc(Cl)cn3C)CC2CO)CC1. The zero-order valence-electron chi connectivity index (χ0n) is 15.2. The molecule has 1 aromatic rings. The zero-order chi connectivity index (χ0) is 18.0. The highest BCUT2D eigenvalue weighted by Crippen LogP contribution is 2.27. The van der Waals surface area contributed by atoms with Gasteiger partial charge in [-0.05, 0) is 38.5 Å². The molecule has 1 N–H and O–H groups in total. The highest BCUT2D eigenvalue weighted by atomic mass is 35.5. The Balaban J connectivity index is 1.63. The molecule has 2 atom stereocenters. The summed E-state index contributed by atoms with van der Waals surface area (Å²) in [5, 5.41) is 10.4. The van der Waals surface area contributed by atoms with E-state index in [1.165, 1.54) is 6.42 Å². The number of rotatable bonds is 4. The van der Waals surface area contributed by atoms with Gasteiger partial charge >= 0.3 is 0 Å². The van der Waals surface area contributed by atoms with E-state index < -0.39 is 0 Å². The highest BCUT2D eigenvalue weighted by molar-refractivity contribution is 6.31. The largest absolute Gasteiger partial charge is 0.396 e. The molecule has 0 saturated carbocycles. The van der Waals surface area contributed by atoms with Gasteiger partial charge in [0.05, 0.1) is 5.02 Å². The van der Waals surface area contributed by atoms with Crippen molar-refractivity contribution in [1.82, 2.24) is 19.3 Å². The van der Waals surface area contributed by atoms with Crippen LogP contribution in [0.5, 0.6) is 0 Å². The van der Waals surface area contributed by atoms with Crippen molar-refractivity contribution in [2.24, 2.45) is 18.9 Å². The molecule has 25 heavy (non-hydrogen) atoms. The first-order chi connectivity index (χ1) is 12.0. The van der Waals surface area contributed by atoms with E-state index in [0.29, 0.717) is 29.7 Å². The third kappa shape index (κ3) is 4.37. The minimum atomic E-state index is 0.00551. The molecule has 0 radical (unpaired) electrons. The summed E-state index contributed by atoms with van der Waals surface area (Å²) >= 11 is 6.01. The van der Waals surface area contributed by atoms with Crippen LogP contribution in [-0.2, 0) is 7.05 Å². The van der Waals surface area contributed by atoms with E-state index in [2.05, 4.69) is 16.8 Å². The Hall–Kier alpha value is -1.08. The number of likely N-dealkylation sites (tertiary alicyclic amines) is 1. The van der Waals surface area contributed by atoms with E-state index in [1.807, 2.05) is 11.9 Å². The number of aliphatic hydroxyl groups excluding tert-OH is 1. The second-order valence-corrected chi connectivity index (χ2v) is 7.96. The number of likely N-dealkylation sites (N-methyl/N-ethyl adjacent to an activating group) is 1. The molecule has 0 bridgehead atoms. The first-order valence-corrected chi connectivity index (χ1v) is 9.48. The molecule has 2 fully saturated rings. The molecule has 6 nitrogen and oxygen atoms in total. The van der Waals surface area contributed by atoms with Crippen molar-refractivity contribution in [3.63, 3.8) is 0 Å². The molecule has 3 rings (SSSR count). The number of halogens is 1. The van der Waals surface area contributed by atoms with Crippen LogP contribution in [0.3, 0.4) is 0 Å². The molecule has 7 heteroatoms. The predicted octanol–water partition coefficient (Wildman–Crippen LogP) is 0.996. The summed E-state index contributed by atoms with van der Waals surface area (Å²) < 4.78 is 1.77. The Morgan fingerprint density at radius 3 is 2.64 bits per heavy atom. The topological polar surface area (TPSA) is 52.0 Å². The first-order valence-electron chi connectivity index (χ1n) is 9.11. The van der Waals surface area contributed by atoms with Gasteiger partial charge in [-0.1, -0.05) is 11.6 Å². The number of hydrogen-bond donors (Lipinski definition) is 1. The van der Waals surface area contributed by atoms with E-state index in [4.69, 9.17) is 11.6 Å². The average Bonchev–Trinajstić information content (AvgIpc) is 3.07. The van der Waals surface area contributed by atoms with Crippen LogP contribution in [0.2, 0.25) is 5.02 Å². The lowest BCUT2D eigenvalue weighted by atomic mass is 9.96. The van der Waals surface area contributed by atoms with Crippen LogP contribution < -0.4 is 0 Å². The number of aliphatic hydroxyl groups is 1. The van der Waals surface area contributed by atoms with Gasteiger partial charge in [0, 0.05) is 58.5 Å².